The van der Waals surface area contributed by atoms with E-state index < -0.39 is 0 Å². The van der Waals surface area contributed by atoms with Crippen molar-refractivity contribution in [2.24, 2.45) is 5.92 Å². The molecule has 0 aliphatic rings. The second kappa shape index (κ2) is 8.28. The summed E-state index contributed by atoms with van der Waals surface area (Å²) in [7, 11) is 0. The number of benzene rings is 1. The highest BCUT2D eigenvalue weighted by Gasteiger charge is 2.09. The van der Waals surface area contributed by atoms with Gasteiger partial charge in [-0.25, -0.2) is 0 Å². The Hall–Kier alpha value is -1.06. The average molecular weight is 279 g/mol. The fourth-order valence-electron chi connectivity index (χ4n) is 1.76. The Morgan fingerprint density at radius 1 is 1.15 bits per heavy atom. The van der Waals surface area contributed by atoms with Crippen molar-refractivity contribution in [1.82, 2.24) is 5.32 Å². The standard InChI is InChI=1S/C17H29NO2/c1-14(2)12-18-13-15-7-6-8-16(11-15)19-9-10-20-17(3,4)5/h6-8,11,14,18H,9-10,12-13H2,1-5H3. The zero-order valence-corrected chi connectivity index (χ0v) is 13.5. The molecule has 0 atom stereocenters. The molecule has 1 rings (SSSR count). The van der Waals surface area contributed by atoms with Crippen LogP contribution in [0.15, 0.2) is 24.3 Å². The van der Waals surface area contributed by atoms with Crippen LogP contribution < -0.4 is 10.1 Å². The lowest BCUT2D eigenvalue weighted by Crippen LogP contribution is -2.22. The Balaban J connectivity index is 2.32. The van der Waals surface area contributed by atoms with Gasteiger partial charge in [0.25, 0.3) is 0 Å². The summed E-state index contributed by atoms with van der Waals surface area (Å²) in [6.45, 7) is 13.7. The topological polar surface area (TPSA) is 30.5 Å². The van der Waals surface area contributed by atoms with Crippen LogP contribution in [0.4, 0.5) is 0 Å². The summed E-state index contributed by atoms with van der Waals surface area (Å²) in [5.41, 5.74) is 1.14. The summed E-state index contributed by atoms with van der Waals surface area (Å²) in [5.74, 6) is 1.58. The van der Waals surface area contributed by atoms with Crippen LogP contribution in [0.1, 0.15) is 40.2 Å². The molecule has 0 aliphatic heterocycles. The molecule has 1 N–H and O–H groups in total. The van der Waals surface area contributed by atoms with Crippen LogP contribution in [0.5, 0.6) is 5.75 Å². The molecule has 0 spiro atoms. The second-order valence-electron chi connectivity index (χ2n) is 6.48. The number of nitrogens with one attached hydrogen (secondary N) is 1. The van der Waals surface area contributed by atoms with E-state index in [0.29, 0.717) is 19.1 Å². The Morgan fingerprint density at radius 2 is 1.90 bits per heavy atom. The highest BCUT2D eigenvalue weighted by Crippen LogP contribution is 2.14. The Kier molecular flexibility index (Phi) is 7.03. The van der Waals surface area contributed by atoms with Gasteiger partial charge in [0.2, 0.25) is 0 Å². The molecule has 0 fully saturated rings. The fourth-order valence-corrected chi connectivity index (χ4v) is 1.76. The number of hydrogen-bond acceptors (Lipinski definition) is 3. The molecule has 0 bridgehead atoms. The van der Waals surface area contributed by atoms with Crippen molar-refractivity contribution in [2.45, 2.75) is 46.8 Å². The molecule has 0 unspecified atom stereocenters. The first kappa shape index (κ1) is 17.0. The maximum absolute atomic E-state index is 5.72. The molecular weight excluding hydrogens is 250 g/mol. The van der Waals surface area contributed by atoms with Crippen molar-refractivity contribution < 1.29 is 9.47 Å². The third-order valence-corrected chi connectivity index (χ3v) is 2.67. The molecule has 0 heterocycles. The van der Waals surface area contributed by atoms with Crippen LogP contribution in [0.25, 0.3) is 0 Å². The van der Waals surface area contributed by atoms with Gasteiger partial charge in [0.15, 0.2) is 0 Å². The molecule has 20 heavy (non-hydrogen) atoms. The number of ether oxygens (including phenoxy) is 2. The molecule has 0 saturated heterocycles. The van der Waals surface area contributed by atoms with Crippen LogP contribution in [-0.4, -0.2) is 25.4 Å². The molecule has 0 radical (unpaired) electrons. The van der Waals surface area contributed by atoms with Gasteiger partial charge in [0.05, 0.1) is 12.2 Å². The van der Waals surface area contributed by atoms with E-state index >= 15 is 0 Å². The smallest absolute Gasteiger partial charge is 0.119 e. The highest BCUT2D eigenvalue weighted by molar-refractivity contribution is 5.28. The van der Waals surface area contributed by atoms with Crippen molar-refractivity contribution in [1.29, 1.82) is 0 Å². The van der Waals surface area contributed by atoms with E-state index in [1.807, 2.05) is 32.9 Å². The van der Waals surface area contributed by atoms with Crippen LogP contribution in [0.2, 0.25) is 0 Å². The van der Waals surface area contributed by atoms with E-state index in [-0.39, 0.29) is 5.60 Å². The van der Waals surface area contributed by atoms with Crippen molar-refractivity contribution in [3.63, 3.8) is 0 Å². The summed E-state index contributed by atoms with van der Waals surface area (Å²) in [5, 5.41) is 3.44. The third-order valence-electron chi connectivity index (χ3n) is 2.67. The van der Waals surface area contributed by atoms with Crippen LogP contribution in [-0.2, 0) is 11.3 Å². The lowest BCUT2D eigenvalue weighted by Gasteiger charge is -2.19. The highest BCUT2D eigenvalue weighted by atomic mass is 16.5. The van der Waals surface area contributed by atoms with E-state index in [0.717, 1.165) is 18.8 Å². The van der Waals surface area contributed by atoms with Crippen molar-refractivity contribution >= 4 is 0 Å². The van der Waals surface area contributed by atoms with Crippen molar-refractivity contribution in [2.75, 3.05) is 19.8 Å². The SMILES string of the molecule is CC(C)CNCc1cccc(OCCOC(C)(C)C)c1. The minimum atomic E-state index is -0.105. The monoisotopic (exact) mass is 279 g/mol. The largest absolute Gasteiger partial charge is 0.491 e. The molecule has 1 aromatic carbocycles. The molecule has 0 aromatic heterocycles. The third kappa shape index (κ3) is 8.18. The van der Waals surface area contributed by atoms with Gasteiger partial charge >= 0.3 is 0 Å². The predicted octanol–water partition coefficient (Wildman–Crippen LogP) is 3.63. The zero-order valence-electron chi connectivity index (χ0n) is 13.5. The van der Waals surface area contributed by atoms with Gasteiger partial charge in [-0.3, -0.25) is 0 Å². The summed E-state index contributed by atoms with van der Waals surface area (Å²) >= 11 is 0. The first-order valence-corrected chi connectivity index (χ1v) is 7.43. The maximum atomic E-state index is 5.72. The van der Waals surface area contributed by atoms with Crippen molar-refractivity contribution in [3.05, 3.63) is 29.8 Å². The van der Waals surface area contributed by atoms with E-state index in [9.17, 15) is 0 Å². The van der Waals surface area contributed by atoms with Crippen LogP contribution in [0, 0.1) is 5.92 Å². The van der Waals surface area contributed by atoms with Crippen molar-refractivity contribution in [3.8, 4) is 5.75 Å². The molecule has 0 amide bonds. The summed E-state index contributed by atoms with van der Waals surface area (Å²) in [6, 6.07) is 8.23. The van der Waals surface area contributed by atoms with Gasteiger partial charge < -0.3 is 14.8 Å². The molecule has 0 aliphatic carbocycles. The predicted molar refractivity (Wildman–Crippen MR) is 84.2 cm³/mol. The summed E-state index contributed by atoms with van der Waals surface area (Å²) in [6.07, 6.45) is 0. The lowest BCUT2D eigenvalue weighted by molar-refractivity contribution is -0.0163. The first-order chi connectivity index (χ1) is 9.37. The molecule has 1 aromatic rings. The zero-order chi connectivity index (χ0) is 15.0. The molecule has 3 heteroatoms. The molecular formula is C17H29NO2. The fraction of sp³-hybridized carbons (Fsp3) is 0.647. The van der Waals surface area contributed by atoms with E-state index in [4.69, 9.17) is 9.47 Å². The quantitative estimate of drug-likeness (QED) is 0.737. The van der Waals surface area contributed by atoms with Gasteiger partial charge in [-0.05, 0) is 50.9 Å². The lowest BCUT2D eigenvalue weighted by atomic mass is 10.2. The second-order valence-corrected chi connectivity index (χ2v) is 6.48. The Labute approximate surface area is 123 Å². The van der Waals surface area contributed by atoms with Gasteiger partial charge in [-0.2, -0.15) is 0 Å². The van der Waals surface area contributed by atoms with Gasteiger partial charge in [-0.15, -0.1) is 0 Å². The maximum Gasteiger partial charge on any atom is 0.119 e. The van der Waals surface area contributed by atoms with E-state index in [1.165, 1.54) is 5.56 Å². The first-order valence-electron chi connectivity index (χ1n) is 7.43. The van der Waals surface area contributed by atoms with E-state index in [2.05, 4.69) is 31.3 Å². The Morgan fingerprint density at radius 3 is 2.55 bits per heavy atom. The molecule has 3 nitrogen and oxygen atoms in total. The number of rotatable bonds is 8. The number of hydrogen-bond donors (Lipinski definition) is 1. The van der Waals surface area contributed by atoms with Gasteiger partial charge in [0.1, 0.15) is 12.4 Å². The minimum absolute atomic E-state index is 0.105. The normalized spacial score (nSPS) is 11.9. The van der Waals surface area contributed by atoms with Crippen LogP contribution >= 0.6 is 0 Å². The van der Waals surface area contributed by atoms with Gasteiger partial charge in [-0.1, -0.05) is 26.0 Å². The Bertz CT molecular complexity index is 383. The van der Waals surface area contributed by atoms with Crippen LogP contribution in [0.3, 0.4) is 0 Å². The summed E-state index contributed by atoms with van der Waals surface area (Å²) in [4.78, 5) is 0. The minimum Gasteiger partial charge on any atom is -0.491 e. The van der Waals surface area contributed by atoms with E-state index in [1.54, 1.807) is 0 Å². The molecule has 0 saturated carbocycles. The van der Waals surface area contributed by atoms with Gasteiger partial charge in [0, 0.05) is 6.54 Å². The average Bonchev–Trinajstić information content (AvgIpc) is 2.34. The molecule has 114 valence electrons. The summed E-state index contributed by atoms with van der Waals surface area (Å²) < 4.78 is 11.4.